The summed E-state index contributed by atoms with van der Waals surface area (Å²) >= 11 is 6.32. The molecule has 2 fully saturated rings. The zero-order valence-corrected chi connectivity index (χ0v) is 22.5. The van der Waals surface area contributed by atoms with Gasteiger partial charge in [-0.1, -0.05) is 41.9 Å². The van der Waals surface area contributed by atoms with Crippen LogP contribution in [0.2, 0.25) is 5.02 Å². The maximum Gasteiger partial charge on any atom is 0.263 e. The topological polar surface area (TPSA) is 73.8 Å². The molecular weight excluding hydrogens is 512 g/mol. The number of amides is 3. The molecule has 2 atom stereocenters. The van der Waals surface area contributed by atoms with Crippen molar-refractivity contribution in [3.05, 3.63) is 94.3 Å². The number of pyridine rings is 1. The Balaban J connectivity index is 1.23. The zero-order valence-electron chi connectivity index (χ0n) is 21.8. The van der Waals surface area contributed by atoms with Gasteiger partial charge in [-0.3, -0.25) is 24.3 Å². The summed E-state index contributed by atoms with van der Waals surface area (Å²) in [6.45, 7) is 2.13. The first-order chi connectivity index (χ1) is 19.0. The molecule has 1 aromatic heterocycles. The number of rotatable bonds is 5. The van der Waals surface area contributed by atoms with Crippen molar-refractivity contribution in [3.8, 4) is 0 Å². The fraction of sp³-hybridized carbons (Fsp3) is 0.355. The van der Waals surface area contributed by atoms with Gasteiger partial charge in [-0.05, 0) is 67.5 Å². The third-order valence-corrected chi connectivity index (χ3v) is 8.60. The van der Waals surface area contributed by atoms with E-state index in [-0.39, 0.29) is 36.2 Å². The summed E-state index contributed by atoms with van der Waals surface area (Å²) in [5, 5.41) is 0.522. The Morgan fingerprint density at radius 1 is 0.923 bits per heavy atom. The summed E-state index contributed by atoms with van der Waals surface area (Å²) in [7, 11) is 0. The van der Waals surface area contributed by atoms with E-state index in [1.165, 1.54) is 4.90 Å². The SMILES string of the molecule is O=C1c2cccc(N3CCC[C@@H](C(=O)N4CCCC[C@@H]4c4cccnc4)C3)c2C(=O)N1Cc1ccccc1Cl. The highest BCUT2D eigenvalue weighted by Crippen LogP contribution is 2.37. The van der Waals surface area contributed by atoms with E-state index in [4.69, 9.17) is 11.6 Å². The van der Waals surface area contributed by atoms with Gasteiger partial charge in [-0.2, -0.15) is 0 Å². The van der Waals surface area contributed by atoms with Crippen LogP contribution >= 0.6 is 11.6 Å². The summed E-state index contributed by atoms with van der Waals surface area (Å²) in [5.41, 5.74) is 3.37. The Morgan fingerprint density at radius 2 is 1.79 bits per heavy atom. The Hall–Kier alpha value is -3.71. The standard InChI is InChI=1S/C31H31ClN4O3/c32-25-12-2-1-8-22(25)20-36-30(38)24-11-5-14-27(28(24)31(36)39)34-16-7-10-23(19-34)29(37)35-17-4-3-13-26(35)21-9-6-15-33-18-21/h1-2,5-6,8-9,11-12,14-15,18,23,26H,3-4,7,10,13,16-17,19-20H2/t23-,26-/m1/s1. The molecule has 0 saturated carbocycles. The Morgan fingerprint density at radius 3 is 2.62 bits per heavy atom. The molecule has 2 aromatic carbocycles. The van der Waals surface area contributed by atoms with Crippen LogP contribution in [0, 0.1) is 5.92 Å². The third kappa shape index (κ3) is 4.80. The van der Waals surface area contributed by atoms with E-state index >= 15 is 0 Å². The lowest BCUT2D eigenvalue weighted by atomic mass is 9.91. The van der Waals surface area contributed by atoms with Gasteiger partial charge in [-0.25, -0.2) is 0 Å². The normalized spacial score (nSPS) is 21.3. The predicted octanol–water partition coefficient (Wildman–Crippen LogP) is 5.50. The molecule has 8 heteroatoms. The number of anilines is 1. The number of fused-ring (bicyclic) bond motifs is 1. The number of imide groups is 1. The molecule has 3 amide bonds. The number of piperidine rings is 2. The molecule has 0 radical (unpaired) electrons. The third-order valence-electron chi connectivity index (χ3n) is 8.23. The minimum atomic E-state index is -0.313. The molecule has 0 aliphatic carbocycles. The van der Waals surface area contributed by atoms with Crippen LogP contribution < -0.4 is 4.90 Å². The highest BCUT2D eigenvalue weighted by molar-refractivity contribution is 6.31. The molecular formula is C31H31ClN4O3. The minimum absolute atomic E-state index is 0.0499. The van der Waals surface area contributed by atoms with E-state index in [0.717, 1.165) is 62.0 Å². The number of nitrogens with zero attached hydrogens (tertiary/aromatic N) is 4. The highest BCUT2D eigenvalue weighted by atomic mass is 35.5. The monoisotopic (exact) mass is 542 g/mol. The zero-order chi connectivity index (χ0) is 26.9. The minimum Gasteiger partial charge on any atom is -0.370 e. The number of likely N-dealkylation sites (tertiary alicyclic amines) is 1. The first kappa shape index (κ1) is 25.6. The molecule has 0 bridgehead atoms. The lowest BCUT2D eigenvalue weighted by molar-refractivity contribution is -0.139. The van der Waals surface area contributed by atoms with Crippen LogP contribution in [0.4, 0.5) is 5.69 Å². The first-order valence-electron chi connectivity index (χ1n) is 13.7. The van der Waals surface area contributed by atoms with Gasteiger partial charge in [0.15, 0.2) is 0 Å². The molecule has 39 heavy (non-hydrogen) atoms. The van der Waals surface area contributed by atoms with Gasteiger partial charge < -0.3 is 9.80 Å². The van der Waals surface area contributed by atoms with Gasteiger partial charge in [0.25, 0.3) is 11.8 Å². The second kappa shape index (κ2) is 10.8. The van der Waals surface area contributed by atoms with Crippen molar-refractivity contribution < 1.29 is 14.4 Å². The Kier molecular flexibility index (Phi) is 7.09. The average Bonchev–Trinajstić information content (AvgIpc) is 3.23. The number of hydrogen-bond acceptors (Lipinski definition) is 5. The fourth-order valence-corrected chi connectivity index (χ4v) is 6.46. The van der Waals surface area contributed by atoms with Crippen LogP contribution in [0.25, 0.3) is 0 Å². The molecule has 7 nitrogen and oxygen atoms in total. The van der Waals surface area contributed by atoms with Gasteiger partial charge in [0, 0.05) is 37.1 Å². The molecule has 6 rings (SSSR count). The van der Waals surface area contributed by atoms with Crippen LogP contribution in [-0.4, -0.2) is 52.1 Å². The van der Waals surface area contributed by atoms with Crippen LogP contribution in [0.5, 0.6) is 0 Å². The lowest BCUT2D eigenvalue weighted by Gasteiger charge is -2.41. The Bertz CT molecular complexity index is 1410. The fourth-order valence-electron chi connectivity index (χ4n) is 6.27. The van der Waals surface area contributed by atoms with E-state index in [1.54, 1.807) is 18.3 Å². The molecule has 3 aliphatic heterocycles. The average molecular weight is 543 g/mol. The number of hydrogen-bond donors (Lipinski definition) is 0. The van der Waals surface area contributed by atoms with Crippen molar-refractivity contribution in [2.24, 2.45) is 5.92 Å². The summed E-state index contributed by atoms with van der Waals surface area (Å²) in [4.78, 5) is 50.5. The summed E-state index contributed by atoms with van der Waals surface area (Å²) in [5.74, 6) is -0.623. The molecule has 0 N–H and O–H groups in total. The van der Waals surface area contributed by atoms with Crippen molar-refractivity contribution >= 4 is 35.0 Å². The number of carbonyl (C=O) groups is 3. The molecule has 3 aliphatic rings. The molecule has 0 spiro atoms. The first-order valence-corrected chi connectivity index (χ1v) is 14.1. The van der Waals surface area contributed by atoms with Crippen molar-refractivity contribution in [3.63, 3.8) is 0 Å². The van der Waals surface area contributed by atoms with Crippen LogP contribution in [0.15, 0.2) is 67.0 Å². The van der Waals surface area contributed by atoms with E-state index < -0.39 is 0 Å². The van der Waals surface area contributed by atoms with Gasteiger partial charge in [0.1, 0.15) is 0 Å². The number of halogens is 1. The number of carbonyl (C=O) groups excluding carboxylic acids is 3. The van der Waals surface area contributed by atoms with Crippen molar-refractivity contribution in [1.82, 2.24) is 14.8 Å². The van der Waals surface area contributed by atoms with Gasteiger partial charge in [0.05, 0.1) is 35.3 Å². The maximum atomic E-state index is 13.9. The molecule has 0 unspecified atom stereocenters. The molecule has 2 saturated heterocycles. The van der Waals surface area contributed by atoms with Crippen LogP contribution in [0.3, 0.4) is 0 Å². The quantitative estimate of drug-likeness (QED) is 0.398. The molecule has 4 heterocycles. The van der Waals surface area contributed by atoms with Crippen molar-refractivity contribution in [2.45, 2.75) is 44.7 Å². The summed E-state index contributed by atoms with van der Waals surface area (Å²) in [6, 6.07) is 16.7. The maximum absolute atomic E-state index is 13.9. The summed E-state index contributed by atoms with van der Waals surface area (Å²) < 4.78 is 0. The number of aromatic nitrogens is 1. The number of benzene rings is 2. The second-order valence-electron chi connectivity index (χ2n) is 10.6. The second-order valence-corrected chi connectivity index (χ2v) is 11.0. The largest absolute Gasteiger partial charge is 0.370 e. The van der Waals surface area contributed by atoms with Crippen LogP contribution in [0.1, 0.15) is 70.0 Å². The van der Waals surface area contributed by atoms with Gasteiger partial charge in [0.2, 0.25) is 5.91 Å². The van der Waals surface area contributed by atoms with E-state index in [0.29, 0.717) is 22.7 Å². The predicted molar refractivity (Wildman–Crippen MR) is 150 cm³/mol. The summed E-state index contributed by atoms with van der Waals surface area (Å²) in [6.07, 6.45) is 8.33. The van der Waals surface area contributed by atoms with Crippen molar-refractivity contribution in [2.75, 3.05) is 24.5 Å². The Labute approximate surface area is 233 Å². The van der Waals surface area contributed by atoms with E-state index in [2.05, 4.69) is 16.0 Å². The van der Waals surface area contributed by atoms with E-state index in [9.17, 15) is 14.4 Å². The van der Waals surface area contributed by atoms with Crippen LogP contribution in [-0.2, 0) is 11.3 Å². The molecule has 200 valence electrons. The highest BCUT2D eigenvalue weighted by Gasteiger charge is 2.40. The smallest absolute Gasteiger partial charge is 0.263 e. The van der Waals surface area contributed by atoms with Gasteiger partial charge >= 0.3 is 0 Å². The van der Waals surface area contributed by atoms with Gasteiger partial charge in [-0.15, -0.1) is 0 Å². The molecule has 3 aromatic rings. The van der Waals surface area contributed by atoms with E-state index in [1.807, 2.05) is 47.5 Å². The van der Waals surface area contributed by atoms with Crippen molar-refractivity contribution in [1.29, 1.82) is 0 Å². The lowest BCUT2D eigenvalue weighted by Crippen LogP contribution is -2.47.